The highest BCUT2D eigenvalue weighted by Crippen LogP contribution is 1.97. The van der Waals surface area contributed by atoms with Crippen molar-refractivity contribution in [2.24, 2.45) is 0 Å². The van der Waals surface area contributed by atoms with Gasteiger partial charge in [-0.1, -0.05) is 31.9 Å². The molecule has 1 heterocycles. The molecule has 104 valence electrons. The number of hydrogen-bond donors (Lipinski definition) is 1. The zero-order chi connectivity index (χ0) is 13.2. The number of aromatic nitrogens is 3. The van der Waals surface area contributed by atoms with Crippen molar-refractivity contribution in [1.29, 1.82) is 0 Å². The molecule has 1 rings (SSSR count). The summed E-state index contributed by atoms with van der Waals surface area (Å²) in [6.45, 7) is 9.23. The van der Waals surface area contributed by atoms with Crippen LogP contribution in [-0.2, 0) is 13.1 Å². The predicted molar refractivity (Wildman–Crippen MR) is 74.4 cm³/mol. The lowest BCUT2D eigenvalue weighted by atomic mass is 10.2. The lowest BCUT2D eigenvalue weighted by Gasteiger charge is -2.15. The van der Waals surface area contributed by atoms with Crippen molar-refractivity contribution in [3.63, 3.8) is 0 Å². The molecule has 0 amide bonds. The Morgan fingerprint density at radius 3 is 2.83 bits per heavy atom. The van der Waals surface area contributed by atoms with Gasteiger partial charge in [0, 0.05) is 19.3 Å². The molecule has 0 aliphatic rings. The van der Waals surface area contributed by atoms with Crippen molar-refractivity contribution < 1.29 is 0 Å². The summed E-state index contributed by atoms with van der Waals surface area (Å²) in [5.41, 5.74) is 1.02. The van der Waals surface area contributed by atoms with E-state index in [1.54, 1.807) is 0 Å². The van der Waals surface area contributed by atoms with Crippen molar-refractivity contribution in [2.45, 2.75) is 46.2 Å². The predicted octanol–water partition coefficient (Wildman–Crippen LogP) is 1.51. The van der Waals surface area contributed by atoms with Crippen LogP contribution < -0.4 is 5.32 Å². The second-order valence-corrected chi connectivity index (χ2v) is 4.76. The molecule has 1 N–H and O–H groups in total. The van der Waals surface area contributed by atoms with E-state index in [4.69, 9.17) is 0 Å². The van der Waals surface area contributed by atoms with Gasteiger partial charge in [0.2, 0.25) is 0 Å². The fourth-order valence-corrected chi connectivity index (χ4v) is 1.80. The highest BCUT2D eigenvalue weighted by atomic mass is 15.4. The molecule has 5 heteroatoms. The Labute approximate surface area is 111 Å². The highest BCUT2D eigenvalue weighted by molar-refractivity contribution is 4.91. The molecule has 0 saturated heterocycles. The molecule has 0 aromatic carbocycles. The molecule has 1 aromatic heterocycles. The number of unbranched alkanes of at least 4 members (excludes halogenated alkanes) is 2. The first-order chi connectivity index (χ1) is 8.76. The molecule has 0 bridgehead atoms. The third kappa shape index (κ3) is 6.12. The monoisotopic (exact) mass is 253 g/mol. The van der Waals surface area contributed by atoms with E-state index in [0.29, 0.717) is 0 Å². The molecule has 0 unspecified atom stereocenters. The van der Waals surface area contributed by atoms with Gasteiger partial charge in [0.15, 0.2) is 0 Å². The van der Waals surface area contributed by atoms with E-state index in [9.17, 15) is 0 Å². The molecular formula is C13H27N5. The minimum Gasteiger partial charge on any atom is -0.311 e. The molecule has 0 atom stereocenters. The van der Waals surface area contributed by atoms with Gasteiger partial charge < -0.3 is 10.2 Å². The summed E-state index contributed by atoms with van der Waals surface area (Å²) in [6.07, 6.45) is 5.92. The Bertz CT molecular complexity index is 310. The van der Waals surface area contributed by atoms with Crippen LogP contribution in [0, 0.1) is 0 Å². The minimum absolute atomic E-state index is 0.808. The summed E-state index contributed by atoms with van der Waals surface area (Å²) in [5.74, 6) is 0. The Morgan fingerprint density at radius 2 is 2.11 bits per heavy atom. The Morgan fingerprint density at radius 1 is 1.28 bits per heavy atom. The van der Waals surface area contributed by atoms with Crippen LogP contribution in [0.4, 0.5) is 0 Å². The first kappa shape index (κ1) is 15.1. The average Bonchev–Trinajstić information content (AvgIpc) is 2.82. The normalized spacial score (nSPS) is 11.3. The third-order valence-electron chi connectivity index (χ3n) is 3.00. The van der Waals surface area contributed by atoms with Crippen LogP contribution >= 0.6 is 0 Å². The van der Waals surface area contributed by atoms with Gasteiger partial charge in [-0.3, -0.25) is 4.68 Å². The maximum absolute atomic E-state index is 4.14. The lowest BCUT2D eigenvalue weighted by Crippen LogP contribution is -2.24. The number of nitrogens with one attached hydrogen (secondary N) is 1. The smallest absolute Gasteiger partial charge is 0.0964 e. The van der Waals surface area contributed by atoms with Crippen LogP contribution in [0.15, 0.2) is 6.20 Å². The van der Waals surface area contributed by atoms with E-state index in [-0.39, 0.29) is 0 Å². The van der Waals surface area contributed by atoms with E-state index in [1.165, 1.54) is 25.8 Å². The van der Waals surface area contributed by atoms with Crippen molar-refractivity contribution in [3.8, 4) is 0 Å². The molecule has 0 radical (unpaired) electrons. The standard InChI is InChI=1S/C13H27N5/c1-4-6-7-8-17(3)9-10-18-12-13(15-16-18)11-14-5-2/h12,14H,4-11H2,1-3H3. The molecule has 0 saturated carbocycles. The summed E-state index contributed by atoms with van der Waals surface area (Å²) in [5, 5.41) is 11.5. The van der Waals surface area contributed by atoms with E-state index >= 15 is 0 Å². The molecule has 0 aliphatic carbocycles. The molecule has 1 aromatic rings. The maximum Gasteiger partial charge on any atom is 0.0964 e. The van der Waals surface area contributed by atoms with Gasteiger partial charge in [0.1, 0.15) is 0 Å². The summed E-state index contributed by atoms with van der Waals surface area (Å²) >= 11 is 0. The number of likely N-dealkylation sites (N-methyl/N-ethyl adjacent to an activating group) is 1. The SMILES string of the molecule is CCCCCN(C)CCn1cc(CNCC)nn1. The zero-order valence-electron chi connectivity index (χ0n) is 12.0. The number of rotatable bonds is 10. The quantitative estimate of drug-likeness (QED) is 0.642. The van der Waals surface area contributed by atoms with Crippen LogP contribution in [0.3, 0.4) is 0 Å². The van der Waals surface area contributed by atoms with Gasteiger partial charge in [-0.15, -0.1) is 5.10 Å². The van der Waals surface area contributed by atoms with Crippen molar-refractivity contribution in [3.05, 3.63) is 11.9 Å². The topological polar surface area (TPSA) is 46.0 Å². The summed E-state index contributed by atoms with van der Waals surface area (Å²) in [7, 11) is 2.17. The van der Waals surface area contributed by atoms with Crippen molar-refractivity contribution >= 4 is 0 Å². The molecule has 18 heavy (non-hydrogen) atoms. The molecule has 5 nitrogen and oxygen atoms in total. The van der Waals surface area contributed by atoms with Gasteiger partial charge in [0.05, 0.1) is 12.2 Å². The van der Waals surface area contributed by atoms with Crippen LogP contribution in [0.2, 0.25) is 0 Å². The van der Waals surface area contributed by atoms with Crippen LogP contribution in [0.25, 0.3) is 0 Å². The van der Waals surface area contributed by atoms with E-state index < -0.39 is 0 Å². The Kier molecular flexibility index (Phi) is 7.60. The summed E-state index contributed by atoms with van der Waals surface area (Å²) in [6, 6.07) is 0. The molecule has 0 fully saturated rings. The largest absolute Gasteiger partial charge is 0.311 e. The highest BCUT2D eigenvalue weighted by Gasteiger charge is 2.02. The van der Waals surface area contributed by atoms with E-state index in [0.717, 1.165) is 31.9 Å². The lowest BCUT2D eigenvalue weighted by molar-refractivity contribution is 0.304. The fraction of sp³-hybridized carbons (Fsp3) is 0.846. The Hall–Kier alpha value is -0.940. The first-order valence-electron chi connectivity index (χ1n) is 7.04. The van der Waals surface area contributed by atoms with Crippen LogP contribution in [0.1, 0.15) is 38.8 Å². The number of hydrogen-bond acceptors (Lipinski definition) is 4. The van der Waals surface area contributed by atoms with Crippen molar-refractivity contribution in [1.82, 2.24) is 25.2 Å². The zero-order valence-corrected chi connectivity index (χ0v) is 12.0. The van der Waals surface area contributed by atoms with Crippen LogP contribution in [0.5, 0.6) is 0 Å². The fourth-order valence-electron chi connectivity index (χ4n) is 1.80. The second-order valence-electron chi connectivity index (χ2n) is 4.76. The van der Waals surface area contributed by atoms with Crippen molar-refractivity contribution in [2.75, 3.05) is 26.7 Å². The van der Waals surface area contributed by atoms with Gasteiger partial charge in [0.25, 0.3) is 0 Å². The molecule has 0 spiro atoms. The molecule has 0 aliphatic heterocycles. The first-order valence-corrected chi connectivity index (χ1v) is 7.04. The number of nitrogens with zero attached hydrogens (tertiary/aromatic N) is 4. The minimum atomic E-state index is 0.808. The van der Waals surface area contributed by atoms with Gasteiger partial charge in [-0.25, -0.2) is 0 Å². The second kappa shape index (κ2) is 9.05. The third-order valence-corrected chi connectivity index (χ3v) is 3.00. The van der Waals surface area contributed by atoms with Gasteiger partial charge >= 0.3 is 0 Å². The average molecular weight is 253 g/mol. The van der Waals surface area contributed by atoms with Gasteiger partial charge in [-0.05, 0) is 26.6 Å². The Balaban J connectivity index is 2.19. The van der Waals surface area contributed by atoms with Gasteiger partial charge in [-0.2, -0.15) is 0 Å². The van der Waals surface area contributed by atoms with Crippen LogP contribution in [-0.4, -0.2) is 46.6 Å². The van der Waals surface area contributed by atoms with E-state index in [1.807, 2.05) is 10.9 Å². The summed E-state index contributed by atoms with van der Waals surface area (Å²) in [4.78, 5) is 2.36. The summed E-state index contributed by atoms with van der Waals surface area (Å²) < 4.78 is 1.93. The molecular weight excluding hydrogens is 226 g/mol. The van der Waals surface area contributed by atoms with E-state index in [2.05, 4.69) is 41.4 Å². The maximum atomic E-state index is 4.14.